The number of amides is 1. The number of likely N-dealkylation sites (N-methyl/N-ethyl adjacent to an activating group) is 1. The topological polar surface area (TPSA) is 49.6 Å². The Morgan fingerprint density at radius 3 is 2.62 bits per heavy atom. The second-order valence-electron chi connectivity index (χ2n) is 5.79. The van der Waals surface area contributed by atoms with E-state index in [0.29, 0.717) is 11.4 Å². The molecule has 1 unspecified atom stereocenters. The van der Waals surface area contributed by atoms with Gasteiger partial charge in [-0.3, -0.25) is 4.79 Å². The first-order chi connectivity index (χ1) is 9.97. The largest absolute Gasteiger partial charge is 0.389 e. The van der Waals surface area contributed by atoms with E-state index in [1.54, 1.807) is 0 Å². The van der Waals surface area contributed by atoms with Crippen LogP contribution in [0.5, 0.6) is 0 Å². The molecule has 0 spiro atoms. The number of hydrogen-bond acceptors (Lipinski definition) is 3. The number of hydrogen-bond donors (Lipinski definition) is 1. The lowest BCUT2D eigenvalue weighted by molar-refractivity contribution is -0.132. The van der Waals surface area contributed by atoms with Gasteiger partial charge in [-0.1, -0.05) is 36.5 Å². The van der Waals surface area contributed by atoms with Gasteiger partial charge in [0.2, 0.25) is 5.91 Å². The van der Waals surface area contributed by atoms with Gasteiger partial charge in [0.1, 0.15) is 4.99 Å². The molecule has 4 nitrogen and oxygen atoms in total. The van der Waals surface area contributed by atoms with E-state index in [4.69, 9.17) is 18.0 Å². The van der Waals surface area contributed by atoms with Crippen molar-refractivity contribution in [2.45, 2.75) is 25.8 Å². The van der Waals surface area contributed by atoms with E-state index >= 15 is 0 Å². The molecule has 2 rings (SSSR count). The molecule has 2 N–H and O–H groups in total. The molecule has 1 fully saturated rings. The van der Waals surface area contributed by atoms with Crippen LogP contribution in [0.15, 0.2) is 24.3 Å². The summed E-state index contributed by atoms with van der Waals surface area (Å²) in [6, 6.07) is 7.89. The Morgan fingerprint density at radius 1 is 1.33 bits per heavy atom. The van der Waals surface area contributed by atoms with Gasteiger partial charge in [-0.2, -0.15) is 0 Å². The highest BCUT2D eigenvalue weighted by atomic mass is 32.1. The van der Waals surface area contributed by atoms with Crippen molar-refractivity contribution in [2.75, 3.05) is 26.7 Å². The van der Waals surface area contributed by atoms with E-state index in [-0.39, 0.29) is 11.9 Å². The van der Waals surface area contributed by atoms with Gasteiger partial charge in [0.15, 0.2) is 0 Å². The summed E-state index contributed by atoms with van der Waals surface area (Å²) in [7, 11) is 2.11. The summed E-state index contributed by atoms with van der Waals surface area (Å²) >= 11 is 4.94. The molecule has 1 saturated heterocycles. The van der Waals surface area contributed by atoms with Crippen LogP contribution in [-0.2, 0) is 11.2 Å². The lowest BCUT2D eigenvalue weighted by Gasteiger charge is -2.28. The lowest BCUT2D eigenvalue weighted by atomic mass is 10.1. The van der Waals surface area contributed by atoms with Crippen molar-refractivity contribution in [2.24, 2.45) is 5.73 Å². The second-order valence-corrected chi connectivity index (χ2v) is 6.23. The van der Waals surface area contributed by atoms with Crippen LogP contribution in [0.1, 0.15) is 24.5 Å². The fraction of sp³-hybridized carbons (Fsp3) is 0.500. The monoisotopic (exact) mass is 305 g/mol. The number of thiocarbonyl (C=S) groups is 1. The molecule has 5 heteroatoms. The Kier molecular flexibility index (Phi) is 5.31. The van der Waals surface area contributed by atoms with Crippen LogP contribution in [0.2, 0.25) is 0 Å². The third-order valence-corrected chi connectivity index (χ3v) is 4.20. The molecule has 1 aliphatic rings. The van der Waals surface area contributed by atoms with E-state index < -0.39 is 0 Å². The summed E-state index contributed by atoms with van der Waals surface area (Å²) in [6.07, 6.45) is 1.47. The van der Waals surface area contributed by atoms with E-state index in [1.807, 2.05) is 29.2 Å². The zero-order valence-electron chi connectivity index (χ0n) is 12.7. The minimum Gasteiger partial charge on any atom is -0.389 e. The van der Waals surface area contributed by atoms with Crippen LogP contribution in [0, 0.1) is 0 Å². The Balaban J connectivity index is 2.01. The van der Waals surface area contributed by atoms with E-state index in [1.165, 1.54) is 0 Å². The van der Waals surface area contributed by atoms with Crippen LogP contribution in [-0.4, -0.2) is 53.4 Å². The maximum absolute atomic E-state index is 12.5. The number of carbonyl (C=O) groups excluding carboxylic acids is 1. The van der Waals surface area contributed by atoms with Crippen molar-refractivity contribution in [1.82, 2.24) is 9.80 Å². The Hall–Kier alpha value is -1.46. The van der Waals surface area contributed by atoms with Crippen LogP contribution >= 0.6 is 12.2 Å². The predicted molar refractivity (Wildman–Crippen MR) is 89.3 cm³/mol. The number of nitrogens with zero attached hydrogens (tertiary/aromatic N) is 2. The molecule has 0 radical (unpaired) electrons. The first-order valence-corrected chi connectivity index (χ1v) is 7.75. The molecule has 1 atom stereocenters. The highest BCUT2D eigenvalue weighted by Gasteiger charge is 2.23. The first-order valence-electron chi connectivity index (χ1n) is 7.34. The molecule has 114 valence electrons. The van der Waals surface area contributed by atoms with Gasteiger partial charge in [0.05, 0.1) is 6.42 Å². The van der Waals surface area contributed by atoms with Crippen molar-refractivity contribution in [1.29, 1.82) is 0 Å². The van der Waals surface area contributed by atoms with Crippen molar-refractivity contribution < 1.29 is 4.79 Å². The Morgan fingerprint density at radius 2 is 2.00 bits per heavy atom. The maximum atomic E-state index is 12.5. The van der Waals surface area contributed by atoms with Gasteiger partial charge in [0, 0.05) is 24.7 Å². The standard InChI is InChI=1S/C16H23N3OS/c1-12-11-18(2)8-3-9-19(12)15(20)10-13-4-6-14(7-5-13)16(17)21/h4-7,12H,3,8-11H2,1-2H3,(H2,17,21). The number of nitrogens with two attached hydrogens (primary N) is 1. The van der Waals surface area contributed by atoms with Crippen molar-refractivity contribution in [3.63, 3.8) is 0 Å². The first kappa shape index (κ1) is 15.9. The highest BCUT2D eigenvalue weighted by molar-refractivity contribution is 7.80. The van der Waals surface area contributed by atoms with E-state index in [2.05, 4.69) is 18.9 Å². The molecule has 1 heterocycles. The molecular formula is C16H23N3OS. The van der Waals surface area contributed by atoms with Gasteiger partial charge >= 0.3 is 0 Å². The van der Waals surface area contributed by atoms with Crippen LogP contribution in [0.3, 0.4) is 0 Å². The van der Waals surface area contributed by atoms with Crippen LogP contribution < -0.4 is 5.73 Å². The molecule has 1 aromatic rings. The molecule has 1 aliphatic heterocycles. The van der Waals surface area contributed by atoms with Crippen molar-refractivity contribution in [3.8, 4) is 0 Å². The summed E-state index contributed by atoms with van der Waals surface area (Å²) in [4.78, 5) is 17.2. The summed E-state index contributed by atoms with van der Waals surface area (Å²) in [5.41, 5.74) is 7.43. The molecule has 1 aromatic carbocycles. The quantitative estimate of drug-likeness (QED) is 0.858. The number of benzene rings is 1. The molecule has 21 heavy (non-hydrogen) atoms. The molecular weight excluding hydrogens is 282 g/mol. The van der Waals surface area contributed by atoms with Gasteiger partial charge in [0.25, 0.3) is 0 Å². The average molecular weight is 305 g/mol. The summed E-state index contributed by atoms with van der Waals surface area (Å²) < 4.78 is 0. The van der Waals surface area contributed by atoms with Gasteiger partial charge < -0.3 is 15.5 Å². The van der Waals surface area contributed by atoms with Gasteiger partial charge in [-0.25, -0.2) is 0 Å². The van der Waals surface area contributed by atoms with Crippen molar-refractivity contribution >= 4 is 23.1 Å². The normalized spacial score (nSPS) is 20.1. The highest BCUT2D eigenvalue weighted by Crippen LogP contribution is 2.12. The second kappa shape index (κ2) is 7.00. The molecule has 0 saturated carbocycles. The third-order valence-electron chi connectivity index (χ3n) is 3.96. The zero-order valence-corrected chi connectivity index (χ0v) is 13.5. The van der Waals surface area contributed by atoms with Crippen LogP contribution in [0.25, 0.3) is 0 Å². The number of rotatable bonds is 3. The fourth-order valence-electron chi connectivity index (χ4n) is 2.81. The minimum atomic E-state index is 0.195. The molecule has 1 amide bonds. The Bertz CT molecular complexity index is 515. The maximum Gasteiger partial charge on any atom is 0.227 e. The average Bonchev–Trinajstić information content (AvgIpc) is 2.60. The predicted octanol–water partition coefficient (Wildman–Crippen LogP) is 1.42. The number of carbonyl (C=O) groups is 1. The molecule has 0 bridgehead atoms. The SMILES string of the molecule is CC1CN(C)CCCN1C(=O)Cc1ccc(C(N)=S)cc1. The van der Waals surface area contributed by atoms with Gasteiger partial charge in [-0.15, -0.1) is 0 Å². The van der Waals surface area contributed by atoms with Crippen molar-refractivity contribution in [3.05, 3.63) is 35.4 Å². The third kappa shape index (κ3) is 4.25. The summed E-state index contributed by atoms with van der Waals surface area (Å²) in [6.45, 7) is 4.95. The Labute approximate surface area is 131 Å². The van der Waals surface area contributed by atoms with Gasteiger partial charge in [-0.05, 0) is 32.5 Å². The van der Waals surface area contributed by atoms with E-state index in [9.17, 15) is 4.79 Å². The summed E-state index contributed by atoms with van der Waals surface area (Å²) in [5.74, 6) is 0.195. The minimum absolute atomic E-state index is 0.195. The smallest absolute Gasteiger partial charge is 0.227 e. The van der Waals surface area contributed by atoms with E-state index in [0.717, 1.165) is 37.2 Å². The summed E-state index contributed by atoms with van der Waals surface area (Å²) in [5, 5.41) is 0. The molecule has 0 aromatic heterocycles. The van der Waals surface area contributed by atoms with Crippen LogP contribution in [0.4, 0.5) is 0 Å². The molecule has 0 aliphatic carbocycles. The lowest BCUT2D eigenvalue weighted by Crippen LogP contribution is -2.42. The zero-order chi connectivity index (χ0) is 15.4. The fourth-order valence-corrected chi connectivity index (χ4v) is 2.94.